The maximum absolute atomic E-state index is 12.4. The number of anilines is 1. The number of ether oxygens (including phenoxy) is 1. The smallest absolute Gasteiger partial charge is 0.329 e. The van der Waals surface area contributed by atoms with E-state index < -0.39 is 29.9 Å². The average molecular weight is 389 g/mol. The van der Waals surface area contributed by atoms with Crippen LogP contribution in [0.15, 0.2) is 34.3 Å². The molecule has 9 heteroatoms. The summed E-state index contributed by atoms with van der Waals surface area (Å²) in [4.78, 5) is 36.8. The molecule has 2 heterocycles. The summed E-state index contributed by atoms with van der Waals surface area (Å²) in [5, 5.41) is 16.1. The highest BCUT2D eigenvalue weighted by Gasteiger charge is 2.30. The van der Waals surface area contributed by atoms with Gasteiger partial charge < -0.3 is 19.8 Å². The molecule has 0 aliphatic heterocycles. The predicted molar refractivity (Wildman–Crippen MR) is 98.0 cm³/mol. The van der Waals surface area contributed by atoms with E-state index >= 15 is 0 Å². The van der Waals surface area contributed by atoms with E-state index in [1.54, 1.807) is 31.4 Å². The summed E-state index contributed by atoms with van der Waals surface area (Å²) in [6.45, 7) is 4.90. The summed E-state index contributed by atoms with van der Waals surface area (Å²) < 4.78 is 10.2. The number of amides is 2. The van der Waals surface area contributed by atoms with Crippen LogP contribution in [0.25, 0.3) is 0 Å². The molecule has 0 saturated heterocycles. The second kappa shape index (κ2) is 9.00. The monoisotopic (exact) mass is 389 g/mol. The molecule has 142 valence electrons. The first kappa shape index (κ1) is 20.2. The van der Waals surface area contributed by atoms with Gasteiger partial charge >= 0.3 is 5.97 Å². The van der Waals surface area contributed by atoms with Gasteiger partial charge in [0.15, 0.2) is 11.9 Å². The molecule has 2 aromatic rings. The molecule has 0 radical (unpaired) electrons. The van der Waals surface area contributed by atoms with Gasteiger partial charge in [-0.25, -0.2) is 4.79 Å². The molecule has 2 aromatic heterocycles. The molecule has 27 heavy (non-hydrogen) atoms. The lowest BCUT2D eigenvalue weighted by molar-refractivity contribution is -0.156. The molecule has 0 spiro atoms. The van der Waals surface area contributed by atoms with Crippen LogP contribution in [0, 0.1) is 17.2 Å². The van der Waals surface area contributed by atoms with Crippen LogP contribution in [0.4, 0.5) is 5.00 Å². The van der Waals surface area contributed by atoms with Crippen LogP contribution >= 0.6 is 11.3 Å². The summed E-state index contributed by atoms with van der Waals surface area (Å²) in [5.41, 5.74) is 0.331. The van der Waals surface area contributed by atoms with Crippen molar-refractivity contribution in [2.75, 3.05) is 5.32 Å². The zero-order valence-corrected chi connectivity index (χ0v) is 15.8. The fourth-order valence-corrected chi connectivity index (χ4v) is 2.87. The standard InChI is InChI=1S/C18H19N3O5S/c1-10(2)14(20-16(23)13-5-4-7-25-13)18(24)26-11(3)15(22)21-17-12(9-19)6-8-27-17/h4-8,10-11,14H,1-3H3,(H,20,23)(H,21,22)/t11?,14-/m0/s1. The molecule has 2 amide bonds. The lowest BCUT2D eigenvalue weighted by Crippen LogP contribution is -2.47. The number of nitriles is 1. The molecule has 0 saturated carbocycles. The number of nitrogens with one attached hydrogen (secondary N) is 2. The molecule has 8 nitrogen and oxygen atoms in total. The van der Waals surface area contributed by atoms with Gasteiger partial charge in [0.05, 0.1) is 11.8 Å². The normalized spacial score (nSPS) is 12.7. The van der Waals surface area contributed by atoms with Crippen molar-refractivity contribution in [1.29, 1.82) is 5.26 Å². The topological polar surface area (TPSA) is 121 Å². The summed E-state index contributed by atoms with van der Waals surface area (Å²) >= 11 is 1.19. The Morgan fingerprint density at radius 2 is 2.00 bits per heavy atom. The van der Waals surface area contributed by atoms with Crippen molar-refractivity contribution in [2.24, 2.45) is 5.92 Å². The van der Waals surface area contributed by atoms with Crippen LogP contribution in [0.3, 0.4) is 0 Å². The van der Waals surface area contributed by atoms with E-state index in [-0.39, 0.29) is 11.7 Å². The van der Waals surface area contributed by atoms with Gasteiger partial charge in [-0.15, -0.1) is 11.3 Å². The Bertz CT molecular complexity index is 851. The molecule has 0 aromatic carbocycles. The number of hydrogen-bond donors (Lipinski definition) is 2. The van der Waals surface area contributed by atoms with Crippen LogP contribution in [0.1, 0.15) is 36.9 Å². The first-order chi connectivity index (χ1) is 12.8. The number of carbonyl (C=O) groups excluding carboxylic acids is 3. The van der Waals surface area contributed by atoms with Crippen LogP contribution < -0.4 is 10.6 Å². The van der Waals surface area contributed by atoms with Gasteiger partial charge in [-0.3, -0.25) is 9.59 Å². The van der Waals surface area contributed by atoms with Gasteiger partial charge in [0.1, 0.15) is 17.1 Å². The third kappa shape index (κ3) is 5.18. The van der Waals surface area contributed by atoms with Crippen molar-refractivity contribution in [3.05, 3.63) is 41.2 Å². The first-order valence-electron chi connectivity index (χ1n) is 8.16. The van der Waals surface area contributed by atoms with E-state index in [4.69, 9.17) is 14.4 Å². The fourth-order valence-electron chi connectivity index (χ4n) is 2.13. The first-order valence-corrected chi connectivity index (χ1v) is 9.04. The van der Waals surface area contributed by atoms with Gasteiger partial charge in [0, 0.05) is 0 Å². The number of rotatable bonds is 7. The lowest BCUT2D eigenvalue weighted by Gasteiger charge is -2.22. The molecule has 0 aliphatic carbocycles. The van der Waals surface area contributed by atoms with Crippen LogP contribution in [0.5, 0.6) is 0 Å². The third-order valence-corrected chi connectivity index (χ3v) is 4.47. The molecule has 2 rings (SSSR count). The van der Waals surface area contributed by atoms with Crippen LogP contribution in [-0.2, 0) is 14.3 Å². The maximum atomic E-state index is 12.4. The van der Waals surface area contributed by atoms with E-state index in [0.29, 0.717) is 10.6 Å². The minimum Gasteiger partial charge on any atom is -0.459 e. The van der Waals surface area contributed by atoms with Crippen molar-refractivity contribution in [1.82, 2.24) is 5.32 Å². The predicted octanol–water partition coefficient (Wildman–Crippen LogP) is 2.54. The third-order valence-electron chi connectivity index (χ3n) is 3.64. The van der Waals surface area contributed by atoms with Gasteiger partial charge in [0.25, 0.3) is 11.8 Å². The Morgan fingerprint density at radius 3 is 2.59 bits per heavy atom. The lowest BCUT2D eigenvalue weighted by atomic mass is 10.0. The zero-order valence-electron chi connectivity index (χ0n) is 15.0. The molecule has 0 bridgehead atoms. The molecule has 2 N–H and O–H groups in total. The van der Waals surface area contributed by atoms with Gasteiger partial charge in [-0.1, -0.05) is 13.8 Å². The van der Waals surface area contributed by atoms with Crippen molar-refractivity contribution in [2.45, 2.75) is 32.9 Å². The van der Waals surface area contributed by atoms with E-state index in [9.17, 15) is 14.4 Å². The van der Waals surface area contributed by atoms with Gasteiger partial charge in [-0.05, 0) is 36.4 Å². The van der Waals surface area contributed by atoms with E-state index in [0.717, 1.165) is 0 Å². The molecule has 0 fully saturated rings. The van der Waals surface area contributed by atoms with E-state index in [1.807, 2.05) is 6.07 Å². The summed E-state index contributed by atoms with van der Waals surface area (Å²) in [7, 11) is 0. The number of hydrogen-bond acceptors (Lipinski definition) is 7. The Morgan fingerprint density at radius 1 is 1.26 bits per heavy atom. The number of carbonyl (C=O) groups is 3. The summed E-state index contributed by atoms with van der Waals surface area (Å²) in [5.74, 6) is -2.05. The number of esters is 1. The summed E-state index contributed by atoms with van der Waals surface area (Å²) in [6.07, 6.45) is 0.247. The Balaban J connectivity index is 1.98. The molecule has 1 unspecified atom stereocenters. The second-order valence-electron chi connectivity index (χ2n) is 6.02. The Kier molecular flexibility index (Phi) is 6.73. The minimum atomic E-state index is -1.10. The Labute approximate surface area is 160 Å². The van der Waals surface area contributed by atoms with Crippen molar-refractivity contribution in [3.63, 3.8) is 0 Å². The fraction of sp³-hybridized carbons (Fsp3) is 0.333. The number of furan rings is 1. The highest BCUT2D eigenvalue weighted by Crippen LogP contribution is 2.22. The number of nitrogens with zero attached hydrogens (tertiary/aromatic N) is 1. The van der Waals surface area contributed by atoms with Gasteiger partial charge in [0.2, 0.25) is 0 Å². The molecular formula is C18H19N3O5S. The highest BCUT2D eigenvalue weighted by atomic mass is 32.1. The molecular weight excluding hydrogens is 370 g/mol. The van der Waals surface area contributed by atoms with Crippen molar-refractivity contribution in [3.8, 4) is 6.07 Å². The van der Waals surface area contributed by atoms with Crippen molar-refractivity contribution < 1.29 is 23.5 Å². The number of thiophene rings is 1. The SMILES string of the molecule is CC(OC(=O)[C@@H](NC(=O)c1ccco1)C(C)C)C(=O)Nc1sccc1C#N. The second-order valence-corrected chi connectivity index (χ2v) is 6.93. The largest absolute Gasteiger partial charge is 0.459 e. The van der Waals surface area contributed by atoms with Gasteiger partial charge in [-0.2, -0.15) is 5.26 Å². The van der Waals surface area contributed by atoms with E-state index in [2.05, 4.69) is 10.6 Å². The summed E-state index contributed by atoms with van der Waals surface area (Å²) in [6, 6.07) is 5.62. The Hall–Kier alpha value is -3.12. The van der Waals surface area contributed by atoms with Crippen LogP contribution in [-0.4, -0.2) is 29.9 Å². The van der Waals surface area contributed by atoms with E-state index in [1.165, 1.54) is 30.6 Å². The van der Waals surface area contributed by atoms with Crippen molar-refractivity contribution >= 4 is 34.1 Å². The molecule has 2 atom stereocenters. The zero-order chi connectivity index (χ0) is 20.0. The molecule has 0 aliphatic rings. The minimum absolute atomic E-state index is 0.0703. The average Bonchev–Trinajstić information content (AvgIpc) is 3.30. The highest BCUT2D eigenvalue weighted by molar-refractivity contribution is 7.14. The maximum Gasteiger partial charge on any atom is 0.329 e. The van der Waals surface area contributed by atoms with Crippen LogP contribution in [0.2, 0.25) is 0 Å². The quantitative estimate of drug-likeness (QED) is 0.702.